The highest BCUT2D eigenvalue weighted by atomic mass is 35.5. The molecule has 2 amide bonds. The third kappa shape index (κ3) is 3.98. The van der Waals surface area contributed by atoms with Gasteiger partial charge in [-0.25, -0.2) is 4.39 Å². The predicted octanol–water partition coefficient (Wildman–Crippen LogP) is 2.94. The molecule has 1 aliphatic rings. The van der Waals surface area contributed by atoms with E-state index >= 15 is 0 Å². The molecule has 0 aliphatic carbocycles. The van der Waals surface area contributed by atoms with E-state index in [1.165, 1.54) is 12.1 Å². The fraction of sp³-hybridized carbons (Fsp3) is 0.467. The van der Waals surface area contributed by atoms with Gasteiger partial charge in [0.25, 0.3) is 0 Å². The van der Waals surface area contributed by atoms with Crippen LogP contribution in [-0.2, 0) is 22.3 Å². The number of nitrogens with one attached hydrogen (secondary N) is 1. The summed E-state index contributed by atoms with van der Waals surface area (Å²) in [5.74, 6) is -0.854. The van der Waals surface area contributed by atoms with E-state index in [4.69, 9.17) is 11.6 Å². The molecule has 4 nitrogen and oxygen atoms in total. The Morgan fingerprint density at radius 1 is 1.38 bits per heavy atom. The average molecular weight is 367 g/mol. The van der Waals surface area contributed by atoms with Crippen LogP contribution >= 0.6 is 11.6 Å². The highest BCUT2D eigenvalue weighted by molar-refractivity contribution is 6.32. The third-order valence-corrected chi connectivity index (χ3v) is 4.24. The molecule has 1 atom stereocenters. The van der Waals surface area contributed by atoms with E-state index in [1.807, 2.05) is 0 Å². The van der Waals surface area contributed by atoms with Crippen LogP contribution in [0.1, 0.15) is 24.0 Å². The molecule has 1 N–H and O–H groups in total. The SMILES string of the molecule is O=C(NCc1cccc(C(F)(F)F)c1Cl)C1CCC(=O)N1CCF. The fourth-order valence-electron chi connectivity index (χ4n) is 2.61. The topological polar surface area (TPSA) is 49.4 Å². The van der Waals surface area contributed by atoms with Gasteiger partial charge in [0, 0.05) is 19.5 Å². The summed E-state index contributed by atoms with van der Waals surface area (Å²) >= 11 is 5.75. The lowest BCUT2D eigenvalue weighted by molar-refractivity contribution is -0.137. The Hall–Kier alpha value is -1.83. The molecule has 1 aromatic rings. The molecule has 0 bridgehead atoms. The van der Waals surface area contributed by atoms with E-state index < -0.39 is 35.4 Å². The maximum absolute atomic E-state index is 12.8. The van der Waals surface area contributed by atoms with E-state index in [0.29, 0.717) is 0 Å². The zero-order chi connectivity index (χ0) is 17.9. The molecule has 9 heteroatoms. The highest BCUT2D eigenvalue weighted by Gasteiger charge is 2.36. The number of halogens is 5. The number of carbonyl (C=O) groups is 2. The van der Waals surface area contributed by atoms with Crippen LogP contribution in [-0.4, -0.2) is 36.0 Å². The first-order valence-corrected chi connectivity index (χ1v) is 7.61. The predicted molar refractivity (Wildman–Crippen MR) is 79.0 cm³/mol. The Bertz CT molecular complexity index is 636. The number of amides is 2. The fourth-order valence-corrected chi connectivity index (χ4v) is 2.91. The van der Waals surface area contributed by atoms with Crippen molar-refractivity contribution in [2.45, 2.75) is 31.6 Å². The van der Waals surface area contributed by atoms with Gasteiger partial charge >= 0.3 is 6.18 Å². The van der Waals surface area contributed by atoms with Crippen molar-refractivity contribution in [3.05, 3.63) is 34.3 Å². The number of rotatable bonds is 5. The summed E-state index contributed by atoms with van der Waals surface area (Å²) in [6.45, 7) is -1.16. The van der Waals surface area contributed by atoms with Gasteiger partial charge in [0.05, 0.1) is 10.6 Å². The van der Waals surface area contributed by atoms with Crippen LogP contribution in [0.2, 0.25) is 5.02 Å². The van der Waals surface area contributed by atoms with Crippen LogP contribution in [0, 0.1) is 0 Å². The van der Waals surface area contributed by atoms with Crippen molar-refractivity contribution in [2.24, 2.45) is 0 Å². The van der Waals surface area contributed by atoms with Gasteiger partial charge in [-0.1, -0.05) is 23.7 Å². The van der Waals surface area contributed by atoms with Crippen molar-refractivity contribution < 1.29 is 27.2 Å². The van der Waals surface area contributed by atoms with Crippen LogP contribution in [0.4, 0.5) is 17.6 Å². The molecule has 0 spiro atoms. The van der Waals surface area contributed by atoms with E-state index in [1.54, 1.807) is 0 Å². The summed E-state index contributed by atoms with van der Waals surface area (Å²) in [4.78, 5) is 24.9. The summed E-state index contributed by atoms with van der Waals surface area (Å²) in [5, 5.41) is 1.98. The van der Waals surface area contributed by atoms with Crippen LogP contribution in [0.5, 0.6) is 0 Å². The standard InChI is InChI=1S/C15H15ClF4N2O2/c16-13-9(2-1-3-10(13)15(18,19)20)8-21-14(24)11-4-5-12(23)22(11)7-6-17/h1-3,11H,4-8H2,(H,21,24). The lowest BCUT2D eigenvalue weighted by Crippen LogP contribution is -2.45. The second-order valence-electron chi connectivity index (χ2n) is 5.32. The van der Waals surface area contributed by atoms with E-state index in [9.17, 15) is 27.2 Å². The van der Waals surface area contributed by atoms with Crippen LogP contribution in [0.25, 0.3) is 0 Å². The average Bonchev–Trinajstić information content (AvgIpc) is 2.86. The monoisotopic (exact) mass is 366 g/mol. The summed E-state index contributed by atoms with van der Waals surface area (Å²) in [6, 6.07) is 2.62. The van der Waals surface area contributed by atoms with Crippen molar-refractivity contribution in [1.82, 2.24) is 10.2 Å². The first kappa shape index (κ1) is 18.5. The molecule has 24 heavy (non-hydrogen) atoms. The summed E-state index contributed by atoms with van der Waals surface area (Å²) in [7, 11) is 0. The molecular weight excluding hydrogens is 352 g/mol. The number of carbonyl (C=O) groups excluding carboxylic acids is 2. The van der Waals surface area contributed by atoms with Crippen molar-refractivity contribution in [3.63, 3.8) is 0 Å². The second-order valence-corrected chi connectivity index (χ2v) is 5.70. The summed E-state index contributed by atoms with van der Waals surface area (Å²) < 4.78 is 50.9. The normalized spacial score (nSPS) is 18.1. The Morgan fingerprint density at radius 3 is 2.71 bits per heavy atom. The van der Waals surface area contributed by atoms with Gasteiger partial charge in [0.1, 0.15) is 12.7 Å². The molecule has 1 saturated heterocycles. The molecule has 132 valence electrons. The van der Waals surface area contributed by atoms with Crippen LogP contribution in [0.3, 0.4) is 0 Å². The van der Waals surface area contributed by atoms with Crippen molar-refractivity contribution in [1.29, 1.82) is 0 Å². The van der Waals surface area contributed by atoms with Crippen molar-refractivity contribution in [2.75, 3.05) is 13.2 Å². The number of alkyl halides is 4. The summed E-state index contributed by atoms with van der Waals surface area (Å²) in [5.41, 5.74) is -0.868. The lowest BCUT2D eigenvalue weighted by atomic mass is 10.1. The van der Waals surface area contributed by atoms with Gasteiger partial charge in [-0.2, -0.15) is 13.2 Å². The minimum atomic E-state index is -4.59. The maximum Gasteiger partial charge on any atom is 0.417 e. The van der Waals surface area contributed by atoms with E-state index in [2.05, 4.69) is 5.32 Å². The minimum Gasteiger partial charge on any atom is -0.350 e. The van der Waals surface area contributed by atoms with E-state index in [0.717, 1.165) is 11.0 Å². The number of benzene rings is 1. The van der Waals surface area contributed by atoms with Gasteiger partial charge < -0.3 is 10.2 Å². The molecule has 1 aromatic carbocycles. The summed E-state index contributed by atoms with van der Waals surface area (Å²) in [6.07, 6.45) is -4.20. The first-order chi connectivity index (χ1) is 11.3. The Labute approximate surface area is 140 Å². The molecule has 0 saturated carbocycles. The number of hydrogen-bond donors (Lipinski definition) is 1. The number of likely N-dealkylation sites (tertiary alicyclic amines) is 1. The third-order valence-electron chi connectivity index (χ3n) is 3.79. The highest BCUT2D eigenvalue weighted by Crippen LogP contribution is 2.36. The van der Waals surface area contributed by atoms with E-state index in [-0.39, 0.29) is 37.4 Å². The van der Waals surface area contributed by atoms with Gasteiger partial charge in [0.2, 0.25) is 11.8 Å². The van der Waals surface area contributed by atoms with Gasteiger partial charge in [-0.05, 0) is 18.1 Å². The molecule has 0 radical (unpaired) electrons. The lowest BCUT2D eigenvalue weighted by Gasteiger charge is -2.23. The number of hydrogen-bond acceptors (Lipinski definition) is 2. The molecule has 1 fully saturated rings. The largest absolute Gasteiger partial charge is 0.417 e. The molecule has 2 rings (SSSR count). The van der Waals surface area contributed by atoms with Gasteiger partial charge in [-0.15, -0.1) is 0 Å². The van der Waals surface area contributed by atoms with Crippen LogP contribution in [0.15, 0.2) is 18.2 Å². The van der Waals surface area contributed by atoms with Gasteiger partial charge in [-0.3, -0.25) is 9.59 Å². The molecule has 1 heterocycles. The second kappa shape index (κ2) is 7.38. The Balaban J connectivity index is 2.06. The maximum atomic E-state index is 12.8. The molecule has 1 aliphatic heterocycles. The minimum absolute atomic E-state index is 0.112. The smallest absolute Gasteiger partial charge is 0.350 e. The van der Waals surface area contributed by atoms with Crippen molar-refractivity contribution in [3.8, 4) is 0 Å². The molecule has 0 aromatic heterocycles. The quantitative estimate of drug-likeness (QED) is 0.815. The molecular formula is C15H15ClF4N2O2. The Morgan fingerprint density at radius 2 is 2.08 bits per heavy atom. The zero-order valence-corrected chi connectivity index (χ0v) is 13.3. The first-order valence-electron chi connectivity index (χ1n) is 7.23. The van der Waals surface area contributed by atoms with Crippen LogP contribution < -0.4 is 5.32 Å². The Kier molecular flexibility index (Phi) is 5.69. The van der Waals surface area contributed by atoms with Crippen molar-refractivity contribution >= 4 is 23.4 Å². The van der Waals surface area contributed by atoms with Gasteiger partial charge in [0.15, 0.2) is 0 Å². The number of nitrogens with zero attached hydrogens (tertiary/aromatic N) is 1. The molecule has 1 unspecified atom stereocenters. The zero-order valence-electron chi connectivity index (χ0n) is 12.5.